The highest BCUT2D eigenvalue weighted by molar-refractivity contribution is 6.39. The lowest BCUT2D eigenvalue weighted by molar-refractivity contribution is -0.00421. The average molecular weight is 301 g/mol. The molecule has 3 atom stereocenters. The van der Waals surface area contributed by atoms with Crippen molar-refractivity contribution in [3.8, 4) is 0 Å². The second kappa shape index (κ2) is 4.85. The van der Waals surface area contributed by atoms with Crippen molar-refractivity contribution in [3.05, 3.63) is 28.2 Å². The van der Waals surface area contributed by atoms with E-state index in [4.69, 9.17) is 23.2 Å². The lowest BCUT2D eigenvalue weighted by atomic mass is 9.74. The smallest absolute Gasteiger partial charge is 0.321 e. The van der Waals surface area contributed by atoms with E-state index in [9.17, 15) is 9.90 Å². The molecule has 1 aliphatic heterocycles. The minimum atomic E-state index is -0.258. The Bertz CT molecular complexity index is 503. The predicted octanol–water partition coefficient (Wildman–Crippen LogP) is 2.84. The number of aliphatic hydroxyl groups is 1. The van der Waals surface area contributed by atoms with Gasteiger partial charge in [0.1, 0.15) is 0 Å². The molecule has 4 nitrogen and oxygen atoms in total. The maximum atomic E-state index is 12.2. The van der Waals surface area contributed by atoms with Crippen LogP contribution in [0.25, 0.3) is 0 Å². The van der Waals surface area contributed by atoms with Crippen molar-refractivity contribution in [3.63, 3.8) is 0 Å². The van der Waals surface area contributed by atoms with Gasteiger partial charge in [-0.25, -0.2) is 4.79 Å². The zero-order valence-corrected chi connectivity index (χ0v) is 11.7. The summed E-state index contributed by atoms with van der Waals surface area (Å²) in [6.45, 7) is 1.29. The number of nitrogens with zero attached hydrogens (tertiary/aromatic N) is 1. The molecule has 0 bridgehead atoms. The van der Waals surface area contributed by atoms with Gasteiger partial charge in [0.25, 0.3) is 0 Å². The molecule has 2 aliphatic rings. The van der Waals surface area contributed by atoms with Gasteiger partial charge in [-0.15, -0.1) is 0 Å². The molecule has 102 valence electrons. The highest BCUT2D eigenvalue weighted by atomic mass is 35.5. The van der Waals surface area contributed by atoms with Gasteiger partial charge in [-0.2, -0.15) is 0 Å². The molecule has 0 aromatic heterocycles. The molecule has 1 aromatic carbocycles. The van der Waals surface area contributed by atoms with E-state index in [2.05, 4.69) is 5.32 Å². The molecule has 0 spiro atoms. The van der Waals surface area contributed by atoms with Crippen LogP contribution in [0, 0.1) is 11.8 Å². The molecule has 2 amide bonds. The molecule has 3 rings (SSSR count). The summed E-state index contributed by atoms with van der Waals surface area (Å²) in [5.41, 5.74) is 0.440. The quantitative estimate of drug-likeness (QED) is 0.838. The zero-order valence-electron chi connectivity index (χ0n) is 10.1. The van der Waals surface area contributed by atoms with E-state index in [0.29, 0.717) is 34.7 Å². The minimum Gasteiger partial charge on any atom is -0.393 e. The first-order chi connectivity index (χ1) is 9.06. The molecule has 19 heavy (non-hydrogen) atoms. The summed E-state index contributed by atoms with van der Waals surface area (Å²) in [5.74, 6) is 0.662. The monoisotopic (exact) mass is 300 g/mol. The summed E-state index contributed by atoms with van der Waals surface area (Å²) in [4.78, 5) is 13.9. The van der Waals surface area contributed by atoms with Gasteiger partial charge in [0.05, 0.1) is 21.8 Å². The van der Waals surface area contributed by atoms with Crippen molar-refractivity contribution >= 4 is 34.9 Å². The minimum absolute atomic E-state index is 0.211. The maximum absolute atomic E-state index is 12.2. The second-order valence-electron chi connectivity index (χ2n) is 5.16. The van der Waals surface area contributed by atoms with Crippen LogP contribution in [0.3, 0.4) is 0 Å². The van der Waals surface area contributed by atoms with Gasteiger partial charge in [0, 0.05) is 19.0 Å². The number of nitrogens with one attached hydrogen (secondary N) is 1. The fraction of sp³-hybridized carbons (Fsp3) is 0.462. The Morgan fingerprint density at radius 1 is 1.32 bits per heavy atom. The first kappa shape index (κ1) is 13.0. The van der Waals surface area contributed by atoms with Gasteiger partial charge in [-0.1, -0.05) is 29.3 Å². The van der Waals surface area contributed by atoms with Crippen LogP contribution in [0.4, 0.5) is 10.5 Å². The third-order valence-corrected chi connectivity index (χ3v) is 4.64. The number of anilines is 1. The van der Waals surface area contributed by atoms with E-state index in [1.807, 2.05) is 0 Å². The molecule has 0 radical (unpaired) electrons. The van der Waals surface area contributed by atoms with E-state index in [1.54, 1.807) is 23.1 Å². The third-order valence-electron chi connectivity index (χ3n) is 4.01. The fourth-order valence-electron chi connectivity index (χ4n) is 2.84. The van der Waals surface area contributed by atoms with Gasteiger partial charge < -0.3 is 15.3 Å². The lowest BCUT2D eigenvalue weighted by Crippen LogP contribution is -2.40. The van der Waals surface area contributed by atoms with Crippen LogP contribution in [0.15, 0.2) is 18.2 Å². The number of benzene rings is 1. The van der Waals surface area contributed by atoms with Gasteiger partial charge in [-0.05, 0) is 24.5 Å². The van der Waals surface area contributed by atoms with Crippen LogP contribution in [0.1, 0.15) is 6.42 Å². The van der Waals surface area contributed by atoms with E-state index in [0.717, 1.165) is 6.42 Å². The Kier molecular flexibility index (Phi) is 3.33. The summed E-state index contributed by atoms with van der Waals surface area (Å²) < 4.78 is 0. The number of hydrogen-bond acceptors (Lipinski definition) is 2. The van der Waals surface area contributed by atoms with Crippen molar-refractivity contribution < 1.29 is 9.90 Å². The van der Waals surface area contributed by atoms with Crippen molar-refractivity contribution in [2.45, 2.75) is 12.5 Å². The van der Waals surface area contributed by atoms with Crippen LogP contribution >= 0.6 is 23.2 Å². The Labute approximate surface area is 121 Å². The number of carbonyl (C=O) groups excluding carboxylic acids is 1. The maximum Gasteiger partial charge on any atom is 0.321 e. The number of aliphatic hydroxyl groups excluding tert-OH is 1. The largest absolute Gasteiger partial charge is 0.393 e. The van der Waals surface area contributed by atoms with Crippen molar-refractivity contribution in [2.24, 2.45) is 11.8 Å². The molecule has 0 unspecified atom stereocenters. The summed E-state index contributed by atoms with van der Waals surface area (Å²) in [6, 6.07) is 4.88. The third kappa shape index (κ3) is 2.29. The number of para-hydroxylation sites is 1. The number of urea groups is 1. The van der Waals surface area contributed by atoms with E-state index < -0.39 is 0 Å². The summed E-state index contributed by atoms with van der Waals surface area (Å²) >= 11 is 12.0. The zero-order chi connectivity index (χ0) is 13.6. The molecule has 6 heteroatoms. The molecule has 1 aromatic rings. The van der Waals surface area contributed by atoms with Crippen molar-refractivity contribution in [2.75, 3.05) is 18.4 Å². The molecule has 1 saturated heterocycles. The number of fused-ring (bicyclic) bond motifs is 1. The summed E-state index contributed by atoms with van der Waals surface area (Å²) in [5, 5.41) is 13.2. The standard InChI is InChI=1S/C13H14Cl2N2O2/c14-9-2-1-3-10(15)12(9)16-13(19)17-5-7-4-11(18)8(7)6-17/h1-3,7-8,11,18H,4-6H2,(H,16,19)/t7-,8+,11-/m1/s1. The van der Waals surface area contributed by atoms with Crippen molar-refractivity contribution in [1.29, 1.82) is 0 Å². The van der Waals surface area contributed by atoms with E-state index >= 15 is 0 Å². The van der Waals surface area contributed by atoms with Crippen LogP contribution < -0.4 is 5.32 Å². The van der Waals surface area contributed by atoms with Crippen LogP contribution in [0.5, 0.6) is 0 Å². The lowest BCUT2D eigenvalue weighted by Gasteiger charge is -2.34. The SMILES string of the molecule is O=C(Nc1c(Cl)cccc1Cl)N1C[C@H]2C[C@@H](O)[C@H]2C1. The molecular formula is C13H14Cl2N2O2. The van der Waals surface area contributed by atoms with Gasteiger partial charge >= 0.3 is 6.03 Å². The Morgan fingerprint density at radius 3 is 2.58 bits per heavy atom. The normalized spacial score (nSPS) is 28.8. The number of amides is 2. The fourth-order valence-corrected chi connectivity index (χ4v) is 3.33. The first-order valence-electron chi connectivity index (χ1n) is 6.24. The predicted molar refractivity (Wildman–Crippen MR) is 74.7 cm³/mol. The Morgan fingerprint density at radius 2 is 2.00 bits per heavy atom. The Hall–Kier alpha value is -0.970. The topological polar surface area (TPSA) is 52.6 Å². The number of hydrogen-bond donors (Lipinski definition) is 2. The van der Waals surface area contributed by atoms with Crippen molar-refractivity contribution in [1.82, 2.24) is 4.90 Å². The number of carbonyl (C=O) groups is 1. The van der Waals surface area contributed by atoms with Crippen LogP contribution in [-0.4, -0.2) is 35.2 Å². The molecule has 2 fully saturated rings. The van der Waals surface area contributed by atoms with Crippen LogP contribution in [-0.2, 0) is 0 Å². The second-order valence-corrected chi connectivity index (χ2v) is 5.97. The van der Waals surface area contributed by atoms with E-state index in [-0.39, 0.29) is 18.1 Å². The number of halogens is 2. The van der Waals surface area contributed by atoms with Crippen LogP contribution in [0.2, 0.25) is 10.0 Å². The molecule has 1 saturated carbocycles. The van der Waals surface area contributed by atoms with E-state index in [1.165, 1.54) is 0 Å². The number of rotatable bonds is 1. The summed E-state index contributed by atoms with van der Waals surface area (Å²) in [6.07, 6.45) is 0.535. The number of likely N-dealkylation sites (tertiary alicyclic amines) is 1. The molecule has 1 aliphatic carbocycles. The highest BCUT2D eigenvalue weighted by Crippen LogP contribution is 2.41. The van der Waals surface area contributed by atoms with Gasteiger partial charge in [0.15, 0.2) is 0 Å². The average Bonchev–Trinajstić information content (AvgIpc) is 2.71. The molecule has 1 heterocycles. The molecule has 2 N–H and O–H groups in total. The van der Waals surface area contributed by atoms with Gasteiger partial charge in [0.2, 0.25) is 0 Å². The van der Waals surface area contributed by atoms with Gasteiger partial charge in [-0.3, -0.25) is 0 Å². The molecular weight excluding hydrogens is 287 g/mol. The Balaban J connectivity index is 1.69. The highest BCUT2D eigenvalue weighted by Gasteiger charge is 2.47. The first-order valence-corrected chi connectivity index (χ1v) is 7.00. The summed E-state index contributed by atoms with van der Waals surface area (Å²) in [7, 11) is 0.